The van der Waals surface area contributed by atoms with Gasteiger partial charge in [-0.2, -0.15) is 0 Å². The largest absolute Gasteiger partial charge is 0.340 e. The van der Waals surface area contributed by atoms with Crippen molar-refractivity contribution in [3.8, 4) is 0 Å². The molecule has 1 aromatic rings. The lowest BCUT2D eigenvalue weighted by Crippen LogP contribution is -2.44. The van der Waals surface area contributed by atoms with Gasteiger partial charge in [-0.1, -0.05) is 26.0 Å². The van der Waals surface area contributed by atoms with E-state index < -0.39 is 6.04 Å². The third-order valence-corrected chi connectivity index (χ3v) is 2.99. The van der Waals surface area contributed by atoms with Crippen LogP contribution in [-0.4, -0.2) is 17.9 Å². The maximum atomic E-state index is 12.1. The highest BCUT2D eigenvalue weighted by Gasteiger charge is 2.30. The predicted octanol–water partition coefficient (Wildman–Crippen LogP) is 1.70. The summed E-state index contributed by atoms with van der Waals surface area (Å²) in [6, 6.07) is 4.97. The van der Waals surface area contributed by atoms with Crippen LogP contribution in [-0.2, 0) is 4.79 Å². The molecule has 0 radical (unpaired) electrons. The number of aryl methyl sites for hydroxylation is 1. The average molecular weight is 232 g/mol. The van der Waals surface area contributed by atoms with E-state index in [1.807, 2.05) is 32.9 Å². The van der Waals surface area contributed by atoms with Crippen LogP contribution in [0.4, 0.5) is 5.69 Å². The highest BCUT2D eigenvalue weighted by atomic mass is 16.2. The van der Waals surface area contributed by atoms with Crippen molar-refractivity contribution < 1.29 is 9.59 Å². The fourth-order valence-electron chi connectivity index (χ4n) is 2.03. The summed E-state index contributed by atoms with van der Waals surface area (Å²) >= 11 is 0. The van der Waals surface area contributed by atoms with Gasteiger partial charge in [-0.3, -0.25) is 9.59 Å². The monoisotopic (exact) mass is 232 g/mol. The van der Waals surface area contributed by atoms with Gasteiger partial charge in [0.1, 0.15) is 6.04 Å². The summed E-state index contributed by atoms with van der Waals surface area (Å²) in [6.07, 6.45) is 0. The zero-order chi connectivity index (χ0) is 12.6. The molecule has 1 aliphatic heterocycles. The van der Waals surface area contributed by atoms with Gasteiger partial charge in [0, 0.05) is 0 Å². The van der Waals surface area contributed by atoms with Crippen molar-refractivity contribution in [2.45, 2.75) is 26.8 Å². The number of anilines is 1. The van der Waals surface area contributed by atoms with Crippen LogP contribution in [0.2, 0.25) is 0 Å². The molecule has 1 atom stereocenters. The molecule has 4 nitrogen and oxygen atoms in total. The molecule has 0 saturated carbocycles. The highest BCUT2D eigenvalue weighted by Crippen LogP contribution is 2.23. The predicted molar refractivity (Wildman–Crippen MR) is 65.9 cm³/mol. The number of fused-ring (bicyclic) bond motifs is 1. The molecule has 0 aromatic heterocycles. The summed E-state index contributed by atoms with van der Waals surface area (Å²) < 4.78 is 0. The molecule has 0 saturated heterocycles. The number of nitrogens with one attached hydrogen (secondary N) is 2. The molecular formula is C13H16N2O2. The van der Waals surface area contributed by atoms with Crippen LogP contribution in [0.5, 0.6) is 0 Å². The van der Waals surface area contributed by atoms with Crippen LogP contribution >= 0.6 is 0 Å². The molecule has 0 spiro atoms. The highest BCUT2D eigenvalue weighted by molar-refractivity contribution is 6.10. The first-order valence-corrected chi connectivity index (χ1v) is 5.72. The molecule has 1 aliphatic rings. The van der Waals surface area contributed by atoms with Gasteiger partial charge in [0.2, 0.25) is 5.91 Å². The van der Waals surface area contributed by atoms with E-state index in [2.05, 4.69) is 10.6 Å². The lowest BCUT2D eigenvalue weighted by molar-refractivity contribution is -0.118. The molecule has 0 unspecified atom stereocenters. The number of hydrogen-bond acceptors (Lipinski definition) is 2. The maximum absolute atomic E-state index is 12.1. The molecule has 1 aromatic carbocycles. The first kappa shape index (κ1) is 11.6. The summed E-state index contributed by atoms with van der Waals surface area (Å²) in [6.45, 7) is 5.68. The van der Waals surface area contributed by atoms with E-state index in [0.29, 0.717) is 11.3 Å². The minimum atomic E-state index is -0.478. The molecular weight excluding hydrogens is 216 g/mol. The lowest BCUT2D eigenvalue weighted by Gasteiger charge is -2.17. The van der Waals surface area contributed by atoms with Gasteiger partial charge >= 0.3 is 0 Å². The molecule has 0 aliphatic carbocycles. The molecule has 17 heavy (non-hydrogen) atoms. The summed E-state index contributed by atoms with van der Waals surface area (Å²) in [5.74, 6) is -0.276. The Morgan fingerprint density at radius 1 is 1.24 bits per heavy atom. The van der Waals surface area contributed by atoms with Gasteiger partial charge in [-0.15, -0.1) is 0 Å². The van der Waals surface area contributed by atoms with Crippen molar-refractivity contribution in [2.75, 3.05) is 5.32 Å². The van der Waals surface area contributed by atoms with Crippen LogP contribution in [0.3, 0.4) is 0 Å². The zero-order valence-corrected chi connectivity index (χ0v) is 10.2. The van der Waals surface area contributed by atoms with Crippen molar-refractivity contribution >= 4 is 17.5 Å². The summed E-state index contributed by atoms with van der Waals surface area (Å²) in [7, 11) is 0. The maximum Gasteiger partial charge on any atom is 0.254 e. The number of hydrogen-bond donors (Lipinski definition) is 2. The number of benzene rings is 1. The van der Waals surface area contributed by atoms with E-state index in [1.54, 1.807) is 6.07 Å². The molecule has 90 valence electrons. The molecule has 0 fully saturated rings. The SMILES string of the molecule is Cc1cccc2c1C(=O)N[C@H](C(C)C)C(=O)N2. The van der Waals surface area contributed by atoms with E-state index in [4.69, 9.17) is 0 Å². The summed E-state index contributed by atoms with van der Waals surface area (Å²) in [4.78, 5) is 24.0. The number of carbonyl (C=O) groups excluding carboxylic acids is 2. The second-order valence-corrected chi connectivity index (χ2v) is 4.68. The zero-order valence-electron chi connectivity index (χ0n) is 10.2. The van der Waals surface area contributed by atoms with Crippen LogP contribution in [0.25, 0.3) is 0 Å². The quantitative estimate of drug-likeness (QED) is 0.774. The molecule has 2 rings (SSSR count). The smallest absolute Gasteiger partial charge is 0.254 e. The van der Waals surface area contributed by atoms with Gasteiger partial charge in [0.15, 0.2) is 0 Å². The standard InChI is InChI=1S/C13H16N2O2/c1-7(2)11-13(17)14-9-6-4-5-8(3)10(9)12(16)15-11/h4-7,11H,1-3H3,(H,14,17)(H,15,16)/t11-/m1/s1. The Balaban J connectivity index is 2.47. The Kier molecular flexibility index (Phi) is 2.88. The Hall–Kier alpha value is -1.84. The van der Waals surface area contributed by atoms with Gasteiger partial charge < -0.3 is 10.6 Å². The van der Waals surface area contributed by atoms with E-state index in [0.717, 1.165) is 5.56 Å². The average Bonchev–Trinajstić information content (AvgIpc) is 2.36. The minimum Gasteiger partial charge on any atom is -0.340 e. The first-order chi connectivity index (χ1) is 8.00. The Labute approximate surface area is 100 Å². The fourth-order valence-corrected chi connectivity index (χ4v) is 2.03. The topological polar surface area (TPSA) is 58.2 Å². The van der Waals surface area contributed by atoms with Gasteiger partial charge in [-0.05, 0) is 24.5 Å². The van der Waals surface area contributed by atoms with Crippen LogP contribution in [0, 0.1) is 12.8 Å². The minimum absolute atomic E-state index is 0.0635. The van der Waals surface area contributed by atoms with Crippen LogP contribution in [0.1, 0.15) is 29.8 Å². The number of carbonyl (C=O) groups is 2. The van der Waals surface area contributed by atoms with Crippen LogP contribution in [0.15, 0.2) is 18.2 Å². The summed E-state index contributed by atoms with van der Waals surface area (Å²) in [5, 5.41) is 5.58. The molecule has 1 heterocycles. The Morgan fingerprint density at radius 3 is 2.59 bits per heavy atom. The first-order valence-electron chi connectivity index (χ1n) is 5.72. The van der Waals surface area contributed by atoms with Gasteiger partial charge in [-0.25, -0.2) is 0 Å². The van der Waals surface area contributed by atoms with Gasteiger partial charge in [0.25, 0.3) is 5.91 Å². The lowest BCUT2D eigenvalue weighted by atomic mass is 10.0. The Bertz CT molecular complexity index is 480. The normalized spacial score (nSPS) is 19.4. The van der Waals surface area contributed by atoms with E-state index in [9.17, 15) is 9.59 Å². The second-order valence-electron chi connectivity index (χ2n) is 4.68. The number of rotatable bonds is 1. The van der Waals surface area contributed by atoms with Gasteiger partial charge in [0.05, 0.1) is 11.3 Å². The molecule has 0 bridgehead atoms. The van der Waals surface area contributed by atoms with Crippen molar-refractivity contribution in [3.05, 3.63) is 29.3 Å². The van der Waals surface area contributed by atoms with Crippen molar-refractivity contribution in [1.29, 1.82) is 0 Å². The molecule has 2 amide bonds. The third kappa shape index (κ3) is 2.02. The van der Waals surface area contributed by atoms with Crippen molar-refractivity contribution in [1.82, 2.24) is 5.32 Å². The third-order valence-electron chi connectivity index (χ3n) is 2.99. The van der Waals surface area contributed by atoms with Crippen molar-refractivity contribution in [3.63, 3.8) is 0 Å². The van der Waals surface area contributed by atoms with Crippen molar-refractivity contribution in [2.24, 2.45) is 5.92 Å². The summed E-state index contributed by atoms with van der Waals surface area (Å²) in [5.41, 5.74) is 2.02. The van der Waals surface area contributed by atoms with E-state index >= 15 is 0 Å². The van der Waals surface area contributed by atoms with E-state index in [1.165, 1.54) is 0 Å². The number of amides is 2. The molecule has 4 heteroatoms. The Morgan fingerprint density at radius 2 is 1.94 bits per heavy atom. The second kappa shape index (κ2) is 4.20. The fraction of sp³-hybridized carbons (Fsp3) is 0.385. The molecule has 2 N–H and O–H groups in total. The van der Waals surface area contributed by atoms with Crippen LogP contribution < -0.4 is 10.6 Å². The van der Waals surface area contributed by atoms with E-state index in [-0.39, 0.29) is 17.7 Å².